The van der Waals surface area contributed by atoms with Gasteiger partial charge in [-0.3, -0.25) is 4.79 Å². The molecule has 0 aromatic heterocycles. The Kier molecular flexibility index (Phi) is 5.20. The molecule has 4 atom stereocenters. The minimum Gasteiger partial charge on any atom is -0.409 e. The van der Waals surface area contributed by atoms with E-state index in [1.807, 2.05) is 6.92 Å². The molecule has 1 fully saturated rings. The summed E-state index contributed by atoms with van der Waals surface area (Å²) in [5.74, 6) is 1.03. The summed E-state index contributed by atoms with van der Waals surface area (Å²) in [5, 5.41) is 14.9. The lowest BCUT2D eigenvalue weighted by Gasteiger charge is -2.36. The molecule has 110 valence electrons. The van der Waals surface area contributed by atoms with Crippen molar-refractivity contribution in [2.75, 3.05) is 0 Å². The topological polar surface area (TPSA) is 87.7 Å². The van der Waals surface area contributed by atoms with E-state index in [2.05, 4.69) is 24.3 Å². The summed E-state index contributed by atoms with van der Waals surface area (Å²) < 4.78 is 0. The Morgan fingerprint density at radius 3 is 2.58 bits per heavy atom. The summed E-state index contributed by atoms with van der Waals surface area (Å²) in [6.07, 6.45) is 3.79. The second-order valence-electron chi connectivity index (χ2n) is 6.15. The van der Waals surface area contributed by atoms with Crippen LogP contribution in [-0.2, 0) is 4.79 Å². The lowest BCUT2D eigenvalue weighted by Crippen LogP contribution is -2.52. The van der Waals surface area contributed by atoms with Gasteiger partial charge < -0.3 is 16.3 Å². The number of amides is 1. The minimum atomic E-state index is -0.933. The van der Waals surface area contributed by atoms with Crippen LogP contribution in [0.25, 0.3) is 0 Å². The summed E-state index contributed by atoms with van der Waals surface area (Å²) in [6, 6.07) is 0.195. The van der Waals surface area contributed by atoms with Gasteiger partial charge in [0.05, 0.1) is 0 Å². The first-order chi connectivity index (χ1) is 8.85. The van der Waals surface area contributed by atoms with Gasteiger partial charge in [-0.05, 0) is 44.4 Å². The second kappa shape index (κ2) is 6.26. The van der Waals surface area contributed by atoms with Crippen molar-refractivity contribution in [1.29, 1.82) is 0 Å². The van der Waals surface area contributed by atoms with E-state index in [0.29, 0.717) is 12.3 Å². The summed E-state index contributed by atoms with van der Waals surface area (Å²) in [5.41, 5.74) is 4.73. The molecule has 5 nitrogen and oxygen atoms in total. The quantitative estimate of drug-likeness (QED) is 0.316. The predicted molar refractivity (Wildman–Crippen MR) is 75.9 cm³/mol. The molecule has 0 bridgehead atoms. The second-order valence-corrected chi connectivity index (χ2v) is 6.15. The molecule has 1 aliphatic rings. The standard InChI is InChI=1S/C14H27N3O2/c1-5-14(4,12(15)17-19)13(18)16-11-7-6-9(2)8-10(11)3/h9-11,19H,5-8H2,1-4H3,(H2,15,17)(H,16,18). The maximum Gasteiger partial charge on any atom is 0.233 e. The number of hydrogen-bond donors (Lipinski definition) is 3. The first kappa shape index (κ1) is 15.8. The van der Waals surface area contributed by atoms with Gasteiger partial charge in [-0.2, -0.15) is 0 Å². The Morgan fingerprint density at radius 2 is 2.11 bits per heavy atom. The van der Waals surface area contributed by atoms with Crippen LogP contribution in [0.3, 0.4) is 0 Å². The average molecular weight is 269 g/mol. The Hall–Kier alpha value is -1.26. The van der Waals surface area contributed by atoms with E-state index >= 15 is 0 Å². The van der Waals surface area contributed by atoms with Crippen molar-refractivity contribution in [1.82, 2.24) is 5.32 Å². The smallest absolute Gasteiger partial charge is 0.233 e. The Labute approximate surface area is 115 Å². The van der Waals surface area contributed by atoms with Gasteiger partial charge in [0.1, 0.15) is 5.41 Å². The number of hydrogen-bond acceptors (Lipinski definition) is 3. The summed E-state index contributed by atoms with van der Waals surface area (Å²) in [6.45, 7) is 8.01. The number of amidine groups is 1. The molecule has 0 aliphatic heterocycles. The van der Waals surface area contributed by atoms with Gasteiger partial charge in [0, 0.05) is 6.04 Å². The first-order valence-corrected chi connectivity index (χ1v) is 7.14. The van der Waals surface area contributed by atoms with Crippen LogP contribution in [0.15, 0.2) is 5.16 Å². The Balaban J connectivity index is 2.73. The molecule has 1 amide bonds. The third-order valence-electron chi connectivity index (χ3n) is 4.63. The highest BCUT2D eigenvalue weighted by Crippen LogP contribution is 2.30. The highest BCUT2D eigenvalue weighted by atomic mass is 16.4. The van der Waals surface area contributed by atoms with Gasteiger partial charge in [-0.25, -0.2) is 0 Å². The van der Waals surface area contributed by atoms with E-state index in [0.717, 1.165) is 25.2 Å². The molecular weight excluding hydrogens is 242 g/mol. The van der Waals surface area contributed by atoms with Crippen LogP contribution in [0.5, 0.6) is 0 Å². The molecule has 0 aromatic rings. The molecule has 0 saturated heterocycles. The van der Waals surface area contributed by atoms with E-state index in [9.17, 15) is 4.79 Å². The van der Waals surface area contributed by atoms with E-state index in [-0.39, 0.29) is 17.8 Å². The van der Waals surface area contributed by atoms with Crippen molar-refractivity contribution in [3.8, 4) is 0 Å². The zero-order valence-corrected chi connectivity index (χ0v) is 12.4. The van der Waals surface area contributed by atoms with Crippen molar-refractivity contribution >= 4 is 11.7 Å². The van der Waals surface area contributed by atoms with Crippen molar-refractivity contribution < 1.29 is 10.0 Å². The number of carbonyl (C=O) groups excluding carboxylic acids is 1. The molecular formula is C14H27N3O2. The molecule has 5 heteroatoms. The lowest BCUT2D eigenvalue weighted by molar-refractivity contribution is -0.128. The Morgan fingerprint density at radius 1 is 1.47 bits per heavy atom. The van der Waals surface area contributed by atoms with Gasteiger partial charge >= 0.3 is 0 Å². The largest absolute Gasteiger partial charge is 0.409 e. The first-order valence-electron chi connectivity index (χ1n) is 7.14. The number of rotatable bonds is 4. The number of carbonyl (C=O) groups is 1. The van der Waals surface area contributed by atoms with Crippen LogP contribution in [-0.4, -0.2) is 23.0 Å². The molecule has 0 heterocycles. The average Bonchev–Trinajstić information content (AvgIpc) is 2.39. The fourth-order valence-corrected chi connectivity index (χ4v) is 2.78. The van der Waals surface area contributed by atoms with Gasteiger partial charge in [0.2, 0.25) is 5.91 Å². The van der Waals surface area contributed by atoms with Gasteiger partial charge in [-0.15, -0.1) is 0 Å². The van der Waals surface area contributed by atoms with Crippen LogP contribution in [0.2, 0.25) is 0 Å². The van der Waals surface area contributed by atoms with Gasteiger partial charge in [-0.1, -0.05) is 25.9 Å². The maximum atomic E-state index is 12.4. The fourth-order valence-electron chi connectivity index (χ4n) is 2.78. The summed E-state index contributed by atoms with van der Waals surface area (Å²) in [4.78, 5) is 12.4. The normalized spacial score (nSPS) is 31.6. The molecule has 4 N–H and O–H groups in total. The summed E-state index contributed by atoms with van der Waals surface area (Å²) in [7, 11) is 0. The lowest BCUT2D eigenvalue weighted by atomic mass is 9.78. The number of nitrogens with two attached hydrogens (primary N) is 1. The van der Waals surface area contributed by atoms with Crippen LogP contribution < -0.4 is 11.1 Å². The van der Waals surface area contributed by atoms with Crippen molar-refractivity contribution in [3.63, 3.8) is 0 Å². The van der Waals surface area contributed by atoms with Crippen LogP contribution >= 0.6 is 0 Å². The van der Waals surface area contributed by atoms with E-state index in [4.69, 9.17) is 10.9 Å². The summed E-state index contributed by atoms with van der Waals surface area (Å²) >= 11 is 0. The molecule has 1 saturated carbocycles. The third-order valence-corrected chi connectivity index (χ3v) is 4.63. The zero-order chi connectivity index (χ0) is 14.6. The molecule has 4 unspecified atom stereocenters. The number of nitrogens with one attached hydrogen (secondary N) is 1. The highest BCUT2D eigenvalue weighted by Gasteiger charge is 2.38. The molecule has 0 aromatic carbocycles. The molecule has 19 heavy (non-hydrogen) atoms. The van der Waals surface area contributed by atoms with Crippen LogP contribution in [0, 0.1) is 17.3 Å². The molecule has 0 spiro atoms. The highest BCUT2D eigenvalue weighted by molar-refractivity contribution is 6.06. The van der Waals surface area contributed by atoms with Crippen molar-refractivity contribution in [2.45, 2.75) is 59.4 Å². The maximum absolute atomic E-state index is 12.4. The van der Waals surface area contributed by atoms with E-state index in [1.54, 1.807) is 6.92 Å². The third kappa shape index (κ3) is 3.39. The zero-order valence-electron chi connectivity index (χ0n) is 12.4. The van der Waals surface area contributed by atoms with Crippen molar-refractivity contribution in [3.05, 3.63) is 0 Å². The molecule has 0 radical (unpaired) electrons. The van der Waals surface area contributed by atoms with Crippen molar-refractivity contribution in [2.24, 2.45) is 28.1 Å². The predicted octanol–water partition coefficient (Wildman–Crippen LogP) is 2.09. The van der Waals surface area contributed by atoms with Crippen LogP contribution in [0.1, 0.15) is 53.4 Å². The molecule has 1 aliphatic carbocycles. The molecule has 1 rings (SSSR count). The van der Waals surface area contributed by atoms with Gasteiger partial charge in [0.15, 0.2) is 5.84 Å². The van der Waals surface area contributed by atoms with Gasteiger partial charge in [0.25, 0.3) is 0 Å². The van der Waals surface area contributed by atoms with Crippen LogP contribution in [0.4, 0.5) is 0 Å². The monoisotopic (exact) mass is 269 g/mol. The van der Waals surface area contributed by atoms with E-state index < -0.39 is 5.41 Å². The Bertz CT molecular complexity index is 357. The number of oxime groups is 1. The fraction of sp³-hybridized carbons (Fsp3) is 0.857. The van der Waals surface area contributed by atoms with E-state index in [1.165, 1.54) is 0 Å². The SMILES string of the molecule is CCC(C)(C(=O)NC1CCC(C)CC1C)C(N)=NO. The number of nitrogens with zero attached hydrogens (tertiary/aromatic N) is 1. The minimum absolute atomic E-state index is 0.0238.